The first kappa shape index (κ1) is 19.8. The lowest BCUT2D eigenvalue weighted by Gasteiger charge is -2.13. The molecule has 0 atom stereocenters. The van der Waals surface area contributed by atoms with Crippen LogP contribution in [0.3, 0.4) is 0 Å². The Balaban J connectivity index is 2.35. The van der Waals surface area contributed by atoms with E-state index in [1.807, 2.05) is 43.3 Å². The van der Waals surface area contributed by atoms with Crippen molar-refractivity contribution in [3.05, 3.63) is 52.0 Å². The van der Waals surface area contributed by atoms with Crippen molar-refractivity contribution in [2.24, 2.45) is 0 Å². The topological polar surface area (TPSA) is 48.0 Å². The van der Waals surface area contributed by atoms with Gasteiger partial charge in [-0.15, -0.1) is 0 Å². The molecule has 5 nitrogen and oxygen atoms in total. The average molecular weight is 420 g/mol. The molecule has 0 aliphatic heterocycles. The number of ketones is 1. The molecule has 0 spiro atoms. The van der Waals surface area contributed by atoms with Crippen molar-refractivity contribution in [3.8, 4) is 17.2 Å². The second-order valence-corrected chi connectivity index (χ2v) is 6.58. The highest BCUT2D eigenvalue weighted by atomic mass is 79.9. The quantitative estimate of drug-likeness (QED) is 0.491. The van der Waals surface area contributed by atoms with E-state index in [2.05, 4.69) is 15.9 Å². The van der Waals surface area contributed by atoms with Crippen LogP contribution in [0.1, 0.15) is 15.9 Å². The van der Waals surface area contributed by atoms with Crippen molar-refractivity contribution in [1.82, 2.24) is 0 Å². The molecule has 0 heterocycles. The van der Waals surface area contributed by atoms with Crippen LogP contribution < -0.4 is 19.1 Å². The van der Waals surface area contributed by atoms with E-state index in [1.165, 1.54) is 21.3 Å². The zero-order valence-corrected chi connectivity index (χ0v) is 17.1. The second kappa shape index (κ2) is 8.76. The molecule has 2 aromatic rings. The number of halogens is 1. The van der Waals surface area contributed by atoms with Gasteiger partial charge in [0.1, 0.15) is 0 Å². The lowest BCUT2D eigenvalue weighted by atomic mass is 10.1. The van der Waals surface area contributed by atoms with Crippen LogP contribution in [0.2, 0.25) is 0 Å². The van der Waals surface area contributed by atoms with Gasteiger partial charge in [-0.3, -0.25) is 4.79 Å². The monoisotopic (exact) mass is 419 g/mol. The summed E-state index contributed by atoms with van der Waals surface area (Å²) in [7, 11) is 8.52. The standard InChI is InChI=1S/C20H22BrNO4/c1-22(2)15-8-6-13(7-9-15)10-16(21)19(23)14-11-17(24-3)20(26-5)18(12-14)25-4/h6-12H,1-5H3. The van der Waals surface area contributed by atoms with E-state index < -0.39 is 0 Å². The number of carbonyl (C=O) groups is 1. The minimum atomic E-state index is -0.180. The molecule has 0 radical (unpaired) electrons. The van der Waals surface area contributed by atoms with Crippen molar-refractivity contribution in [2.75, 3.05) is 40.3 Å². The highest BCUT2D eigenvalue weighted by molar-refractivity contribution is 9.12. The number of carbonyl (C=O) groups excluding carboxylic acids is 1. The Bertz CT molecular complexity index is 788. The highest BCUT2D eigenvalue weighted by Gasteiger charge is 2.18. The maximum Gasteiger partial charge on any atom is 0.203 e. The number of hydrogen-bond donors (Lipinski definition) is 0. The van der Waals surface area contributed by atoms with Crippen molar-refractivity contribution in [2.45, 2.75) is 0 Å². The molecule has 2 rings (SSSR count). The molecule has 138 valence electrons. The second-order valence-electron chi connectivity index (χ2n) is 5.72. The molecule has 0 bridgehead atoms. The largest absolute Gasteiger partial charge is 0.493 e. The first-order valence-corrected chi connectivity index (χ1v) is 8.69. The number of benzene rings is 2. The van der Waals surface area contributed by atoms with Gasteiger partial charge in [-0.2, -0.15) is 0 Å². The van der Waals surface area contributed by atoms with E-state index in [9.17, 15) is 4.79 Å². The Kier molecular flexibility index (Phi) is 6.69. The van der Waals surface area contributed by atoms with Crippen LogP contribution in [0.15, 0.2) is 40.9 Å². The molecule has 2 aromatic carbocycles. The van der Waals surface area contributed by atoms with Crippen LogP contribution in [-0.2, 0) is 0 Å². The van der Waals surface area contributed by atoms with Crippen LogP contribution >= 0.6 is 15.9 Å². The van der Waals surface area contributed by atoms with Gasteiger partial charge in [0.15, 0.2) is 17.3 Å². The van der Waals surface area contributed by atoms with E-state index in [1.54, 1.807) is 18.2 Å². The average Bonchev–Trinajstić information content (AvgIpc) is 2.66. The van der Waals surface area contributed by atoms with Gasteiger partial charge in [-0.1, -0.05) is 12.1 Å². The van der Waals surface area contributed by atoms with E-state index in [0.29, 0.717) is 27.3 Å². The Labute approximate surface area is 162 Å². The number of anilines is 1. The molecule has 0 amide bonds. The number of rotatable bonds is 7. The minimum absolute atomic E-state index is 0.180. The van der Waals surface area contributed by atoms with Crippen LogP contribution in [-0.4, -0.2) is 41.2 Å². The maximum atomic E-state index is 12.8. The summed E-state index contributed by atoms with van der Waals surface area (Å²) in [5, 5.41) is 0. The van der Waals surface area contributed by atoms with Crippen molar-refractivity contribution < 1.29 is 19.0 Å². The smallest absolute Gasteiger partial charge is 0.203 e. The van der Waals surface area contributed by atoms with Crippen molar-refractivity contribution >= 4 is 33.5 Å². The molecular weight excluding hydrogens is 398 g/mol. The van der Waals surface area contributed by atoms with Gasteiger partial charge in [0.25, 0.3) is 0 Å². The van der Waals surface area contributed by atoms with Crippen LogP contribution in [0.5, 0.6) is 17.2 Å². The number of ether oxygens (including phenoxy) is 3. The molecule has 0 aliphatic rings. The van der Waals surface area contributed by atoms with E-state index in [-0.39, 0.29) is 5.78 Å². The van der Waals surface area contributed by atoms with Crippen LogP contribution in [0.4, 0.5) is 5.69 Å². The Morgan fingerprint density at radius 2 is 1.50 bits per heavy atom. The fraction of sp³-hybridized carbons (Fsp3) is 0.250. The van der Waals surface area contributed by atoms with Gasteiger partial charge in [0.05, 0.1) is 25.8 Å². The minimum Gasteiger partial charge on any atom is -0.493 e. The summed E-state index contributed by atoms with van der Waals surface area (Å²) in [6.07, 6.45) is 1.78. The zero-order valence-electron chi connectivity index (χ0n) is 15.5. The number of nitrogens with zero attached hydrogens (tertiary/aromatic N) is 1. The summed E-state index contributed by atoms with van der Waals surface area (Å²) >= 11 is 3.38. The number of allylic oxidation sites excluding steroid dienone is 1. The predicted molar refractivity (Wildman–Crippen MR) is 108 cm³/mol. The molecule has 26 heavy (non-hydrogen) atoms. The predicted octanol–water partition coefficient (Wildman–Crippen LogP) is 4.40. The van der Waals surface area contributed by atoms with Gasteiger partial charge in [-0.25, -0.2) is 0 Å². The van der Waals surface area contributed by atoms with E-state index >= 15 is 0 Å². The summed E-state index contributed by atoms with van der Waals surface area (Å²) in [6.45, 7) is 0. The number of Topliss-reactive ketones (excluding diaryl/α,β-unsaturated/α-hetero) is 1. The molecular formula is C20H22BrNO4. The summed E-state index contributed by atoms with van der Waals surface area (Å²) in [5.41, 5.74) is 2.45. The molecule has 0 fully saturated rings. The summed E-state index contributed by atoms with van der Waals surface area (Å²) in [6, 6.07) is 11.2. The molecule has 6 heteroatoms. The van der Waals surface area contributed by atoms with Crippen LogP contribution in [0.25, 0.3) is 6.08 Å². The van der Waals surface area contributed by atoms with Crippen molar-refractivity contribution in [1.29, 1.82) is 0 Å². The van der Waals surface area contributed by atoms with Gasteiger partial charge in [-0.05, 0) is 51.8 Å². The molecule has 0 aromatic heterocycles. The fourth-order valence-corrected chi connectivity index (χ4v) is 2.92. The number of hydrogen-bond acceptors (Lipinski definition) is 5. The normalized spacial score (nSPS) is 11.1. The van der Waals surface area contributed by atoms with Crippen molar-refractivity contribution in [3.63, 3.8) is 0 Å². The van der Waals surface area contributed by atoms with Gasteiger partial charge >= 0.3 is 0 Å². The third-order valence-corrected chi connectivity index (χ3v) is 4.44. The molecule has 0 unspecified atom stereocenters. The highest BCUT2D eigenvalue weighted by Crippen LogP contribution is 2.39. The summed E-state index contributed by atoms with van der Waals surface area (Å²) in [4.78, 5) is 14.8. The van der Waals surface area contributed by atoms with E-state index in [0.717, 1.165) is 11.3 Å². The molecule has 0 aliphatic carbocycles. The van der Waals surface area contributed by atoms with Gasteiger partial charge in [0, 0.05) is 25.3 Å². The van der Waals surface area contributed by atoms with Gasteiger partial charge in [0.2, 0.25) is 5.75 Å². The Morgan fingerprint density at radius 1 is 0.962 bits per heavy atom. The summed E-state index contributed by atoms with van der Waals surface area (Å²) in [5.74, 6) is 1.14. The van der Waals surface area contributed by atoms with Gasteiger partial charge < -0.3 is 19.1 Å². The van der Waals surface area contributed by atoms with Crippen LogP contribution in [0, 0.1) is 0 Å². The zero-order chi connectivity index (χ0) is 19.3. The van der Waals surface area contributed by atoms with E-state index in [4.69, 9.17) is 14.2 Å². The first-order valence-electron chi connectivity index (χ1n) is 7.90. The lowest BCUT2D eigenvalue weighted by Crippen LogP contribution is -2.08. The molecule has 0 N–H and O–H groups in total. The SMILES string of the molecule is COc1cc(C(=O)C(Br)=Cc2ccc(N(C)C)cc2)cc(OC)c1OC. The third-order valence-electron chi connectivity index (χ3n) is 3.85. The Morgan fingerprint density at radius 3 is 1.92 bits per heavy atom. The Hall–Kier alpha value is -2.47. The number of methoxy groups -OCH3 is 3. The maximum absolute atomic E-state index is 12.8. The summed E-state index contributed by atoms with van der Waals surface area (Å²) < 4.78 is 16.3. The first-order chi connectivity index (χ1) is 12.4. The lowest BCUT2D eigenvalue weighted by molar-refractivity contribution is 0.104. The third kappa shape index (κ3) is 4.38. The molecule has 0 saturated heterocycles. The molecule has 0 saturated carbocycles. The fourth-order valence-electron chi connectivity index (χ4n) is 2.43.